The number of carbonyl (C=O) groups is 2. The molecule has 32 heavy (non-hydrogen) atoms. The number of amides is 2. The summed E-state index contributed by atoms with van der Waals surface area (Å²) in [5.74, 6) is -0.756. The highest BCUT2D eigenvalue weighted by Crippen LogP contribution is 2.18. The Hall–Kier alpha value is -3.42. The van der Waals surface area contributed by atoms with Crippen LogP contribution < -0.4 is 16.2 Å². The third-order valence-electron chi connectivity index (χ3n) is 5.23. The Morgan fingerprint density at radius 2 is 1.75 bits per heavy atom. The van der Waals surface area contributed by atoms with E-state index in [0.29, 0.717) is 35.1 Å². The molecule has 1 atom stereocenters. The van der Waals surface area contributed by atoms with Gasteiger partial charge in [-0.1, -0.05) is 23.7 Å². The van der Waals surface area contributed by atoms with E-state index in [4.69, 9.17) is 16.3 Å². The van der Waals surface area contributed by atoms with Crippen molar-refractivity contribution in [3.63, 3.8) is 0 Å². The fraction of sp³-hybridized carbons (Fsp3) is 0.208. The summed E-state index contributed by atoms with van der Waals surface area (Å²) in [6, 6.07) is 16.7. The molecule has 2 heterocycles. The molecule has 0 unspecified atom stereocenters. The molecule has 1 aromatic heterocycles. The van der Waals surface area contributed by atoms with Crippen LogP contribution in [0.25, 0.3) is 5.69 Å². The van der Waals surface area contributed by atoms with Crippen molar-refractivity contribution >= 4 is 29.1 Å². The van der Waals surface area contributed by atoms with Gasteiger partial charge in [-0.15, -0.1) is 0 Å². The highest BCUT2D eigenvalue weighted by molar-refractivity contribution is 6.34. The predicted octanol–water partition coefficient (Wildman–Crippen LogP) is 3.65. The minimum absolute atomic E-state index is 0.00147. The second-order valence-corrected chi connectivity index (χ2v) is 7.83. The van der Waals surface area contributed by atoms with Crippen LogP contribution >= 0.6 is 11.6 Å². The van der Waals surface area contributed by atoms with Gasteiger partial charge in [-0.3, -0.25) is 19.0 Å². The number of halogens is 1. The average molecular weight is 452 g/mol. The van der Waals surface area contributed by atoms with E-state index in [0.717, 1.165) is 12.8 Å². The van der Waals surface area contributed by atoms with Gasteiger partial charge in [-0.05, 0) is 61.4 Å². The highest BCUT2D eigenvalue weighted by Gasteiger charge is 2.18. The summed E-state index contributed by atoms with van der Waals surface area (Å²) in [6.45, 7) is 1.08. The molecule has 0 spiro atoms. The number of nitrogens with zero attached hydrogens (tertiary/aromatic N) is 1. The van der Waals surface area contributed by atoms with Crippen molar-refractivity contribution in [1.82, 2.24) is 9.88 Å². The van der Waals surface area contributed by atoms with E-state index >= 15 is 0 Å². The van der Waals surface area contributed by atoms with Gasteiger partial charge >= 0.3 is 0 Å². The van der Waals surface area contributed by atoms with Crippen molar-refractivity contribution in [1.29, 1.82) is 0 Å². The number of hydrogen-bond acceptors (Lipinski definition) is 4. The molecule has 0 bridgehead atoms. The van der Waals surface area contributed by atoms with Gasteiger partial charge in [0, 0.05) is 30.7 Å². The number of hydrogen-bond donors (Lipinski definition) is 2. The molecule has 1 aliphatic heterocycles. The first-order chi connectivity index (χ1) is 15.5. The van der Waals surface area contributed by atoms with E-state index in [9.17, 15) is 14.4 Å². The van der Waals surface area contributed by atoms with Crippen molar-refractivity contribution in [2.24, 2.45) is 0 Å². The van der Waals surface area contributed by atoms with Crippen molar-refractivity contribution < 1.29 is 14.3 Å². The lowest BCUT2D eigenvalue weighted by Gasteiger charge is -2.12. The number of nitrogens with one attached hydrogen (secondary N) is 2. The van der Waals surface area contributed by atoms with Gasteiger partial charge in [0.1, 0.15) is 5.56 Å². The van der Waals surface area contributed by atoms with E-state index in [1.54, 1.807) is 60.8 Å². The Bertz CT molecular complexity index is 1180. The van der Waals surface area contributed by atoms with Crippen LogP contribution in [-0.4, -0.2) is 35.6 Å². The van der Waals surface area contributed by atoms with Gasteiger partial charge in [0.15, 0.2) is 0 Å². The Morgan fingerprint density at radius 3 is 2.47 bits per heavy atom. The van der Waals surface area contributed by atoms with Gasteiger partial charge in [0.05, 0.1) is 16.7 Å². The van der Waals surface area contributed by atoms with E-state index in [2.05, 4.69) is 10.6 Å². The van der Waals surface area contributed by atoms with E-state index in [1.807, 2.05) is 0 Å². The molecule has 7 nitrogen and oxygen atoms in total. The maximum atomic E-state index is 12.9. The molecule has 164 valence electrons. The zero-order valence-corrected chi connectivity index (χ0v) is 18.0. The lowest BCUT2D eigenvalue weighted by atomic mass is 10.2. The molecule has 2 N–H and O–H groups in total. The predicted molar refractivity (Wildman–Crippen MR) is 123 cm³/mol. The molecule has 0 saturated carbocycles. The maximum Gasteiger partial charge on any atom is 0.267 e. The Balaban J connectivity index is 1.47. The third-order valence-corrected chi connectivity index (χ3v) is 5.56. The smallest absolute Gasteiger partial charge is 0.267 e. The number of pyridine rings is 1. The van der Waals surface area contributed by atoms with Crippen LogP contribution in [0.5, 0.6) is 0 Å². The first kappa shape index (κ1) is 21.8. The highest BCUT2D eigenvalue weighted by atomic mass is 35.5. The molecular formula is C24H22ClN3O4. The summed E-state index contributed by atoms with van der Waals surface area (Å²) in [4.78, 5) is 37.8. The van der Waals surface area contributed by atoms with E-state index < -0.39 is 11.5 Å². The molecule has 0 radical (unpaired) electrons. The topological polar surface area (TPSA) is 89.4 Å². The molecule has 8 heteroatoms. The quantitative estimate of drug-likeness (QED) is 0.598. The molecule has 1 saturated heterocycles. The number of benzene rings is 2. The zero-order valence-electron chi connectivity index (χ0n) is 17.2. The van der Waals surface area contributed by atoms with Crippen molar-refractivity contribution in [3.05, 3.63) is 93.4 Å². The van der Waals surface area contributed by atoms with Crippen LogP contribution in [0.1, 0.15) is 33.6 Å². The molecule has 3 aromatic rings. The summed E-state index contributed by atoms with van der Waals surface area (Å²) in [5, 5.41) is 5.92. The summed E-state index contributed by atoms with van der Waals surface area (Å²) in [6.07, 6.45) is 3.47. The number of rotatable bonds is 6. The number of aromatic nitrogens is 1. The van der Waals surface area contributed by atoms with Crippen LogP contribution in [0.15, 0.2) is 71.7 Å². The Labute approximate surface area is 190 Å². The molecule has 1 aliphatic rings. The van der Waals surface area contributed by atoms with Gasteiger partial charge in [-0.25, -0.2) is 0 Å². The second-order valence-electron chi connectivity index (χ2n) is 7.42. The van der Waals surface area contributed by atoms with Crippen LogP contribution in [0.2, 0.25) is 5.02 Å². The van der Waals surface area contributed by atoms with Crippen LogP contribution in [0.4, 0.5) is 5.69 Å². The minimum atomic E-state index is -0.427. The van der Waals surface area contributed by atoms with Crippen LogP contribution in [0.3, 0.4) is 0 Å². The lowest BCUT2D eigenvalue weighted by Crippen LogP contribution is -2.36. The summed E-state index contributed by atoms with van der Waals surface area (Å²) >= 11 is 6.07. The maximum absolute atomic E-state index is 12.9. The van der Waals surface area contributed by atoms with Gasteiger partial charge in [0.25, 0.3) is 17.4 Å². The average Bonchev–Trinajstić information content (AvgIpc) is 3.32. The van der Waals surface area contributed by atoms with E-state index in [-0.39, 0.29) is 17.6 Å². The SMILES string of the molecule is O=C(Nc1ccc(-n2cccc(C(=O)NC[C@@H]3CCCO3)c2=O)cc1)c1ccccc1Cl. The van der Waals surface area contributed by atoms with Gasteiger partial charge < -0.3 is 15.4 Å². The first-order valence-corrected chi connectivity index (χ1v) is 10.7. The number of anilines is 1. The Kier molecular flexibility index (Phi) is 6.68. The zero-order chi connectivity index (χ0) is 22.5. The normalized spacial score (nSPS) is 15.3. The third kappa shape index (κ3) is 4.90. The van der Waals surface area contributed by atoms with Crippen molar-refractivity contribution in [3.8, 4) is 5.69 Å². The first-order valence-electron chi connectivity index (χ1n) is 10.3. The molecule has 2 amide bonds. The van der Waals surface area contributed by atoms with Gasteiger partial charge in [0.2, 0.25) is 0 Å². The summed E-state index contributed by atoms with van der Waals surface area (Å²) < 4.78 is 6.89. The molecular weight excluding hydrogens is 430 g/mol. The van der Waals surface area contributed by atoms with Gasteiger partial charge in [-0.2, -0.15) is 0 Å². The fourth-order valence-corrected chi connectivity index (χ4v) is 3.75. The monoisotopic (exact) mass is 451 g/mol. The minimum Gasteiger partial charge on any atom is -0.376 e. The van der Waals surface area contributed by atoms with Crippen LogP contribution in [-0.2, 0) is 4.74 Å². The largest absolute Gasteiger partial charge is 0.376 e. The molecule has 1 fully saturated rings. The van der Waals surface area contributed by atoms with Crippen LogP contribution in [0, 0.1) is 0 Å². The summed E-state index contributed by atoms with van der Waals surface area (Å²) in [7, 11) is 0. The molecule has 0 aliphatic carbocycles. The van der Waals surface area contributed by atoms with Crippen molar-refractivity contribution in [2.45, 2.75) is 18.9 Å². The van der Waals surface area contributed by atoms with Crippen molar-refractivity contribution in [2.75, 3.05) is 18.5 Å². The van der Waals surface area contributed by atoms with E-state index in [1.165, 1.54) is 10.6 Å². The summed E-state index contributed by atoms with van der Waals surface area (Å²) in [5.41, 5.74) is 1.12. The Morgan fingerprint density at radius 1 is 1.00 bits per heavy atom. The fourth-order valence-electron chi connectivity index (χ4n) is 3.53. The standard InChI is InChI=1S/C24H22ClN3O4/c25-21-8-2-1-6-19(21)23(30)27-16-9-11-17(12-10-16)28-13-3-7-20(24(28)31)22(29)26-15-18-5-4-14-32-18/h1-3,6-13,18H,4-5,14-15H2,(H,26,29)(H,27,30)/t18-/m0/s1. The molecule has 4 rings (SSSR count). The molecule has 2 aromatic carbocycles. The number of ether oxygens (including phenoxy) is 1. The number of carbonyl (C=O) groups excluding carboxylic acids is 2. The lowest BCUT2D eigenvalue weighted by molar-refractivity contribution is 0.0856. The second kappa shape index (κ2) is 9.80.